The van der Waals surface area contributed by atoms with Crippen molar-refractivity contribution < 1.29 is 18.8 Å². The lowest BCUT2D eigenvalue weighted by Gasteiger charge is -2.15. The van der Waals surface area contributed by atoms with Crippen LogP contribution in [0, 0.1) is 0 Å². The van der Waals surface area contributed by atoms with E-state index in [1.54, 1.807) is 6.07 Å². The number of carbonyl (C=O) groups is 2. The fourth-order valence-corrected chi connectivity index (χ4v) is 5.56. The van der Waals surface area contributed by atoms with Crippen molar-refractivity contribution in [2.45, 2.75) is 44.6 Å². The van der Waals surface area contributed by atoms with Gasteiger partial charge in [0.05, 0.1) is 11.7 Å². The summed E-state index contributed by atoms with van der Waals surface area (Å²) in [6.45, 7) is 1.24. The molecule has 0 unspecified atom stereocenters. The largest absolute Gasteiger partial charge is 0.376 e. The lowest BCUT2D eigenvalue weighted by atomic mass is 9.95. The van der Waals surface area contributed by atoms with Gasteiger partial charge in [0.25, 0.3) is 11.8 Å². The highest BCUT2D eigenvalue weighted by atomic mass is 32.1. The number of fused-ring (bicyclic) bond motifs is 1. The summed E-state index contributed by atoms with van der Waals surface area (Å²) in [7, 11) is 0. The van der Waals surface area contributed by atoms with Crippen molar-refractivity contribution in [2.24, 2.45) is 0 Å². The number of amides is 2. The van der Waals surface area contributed by atoms with Crippen LogP contribution in [0.15, 0.2) is 40.9 Å². The number of thiophene rings is 1. The minimum atomic E-state index is -0.386. The lowest BCUT2D eigenvalue weighted by molar-refractivity contribution is 0.0858. The van der Waals surface area contributed by atoms with Crippen LogP contribution >= 0.6 is 11.3 Å². The number of hydrogen-bond acceptors (Lipinski definition) is 6. The molecule has 0 radical (unpaired) electrons. The highest BCUT2D eigenvalue weighted by molar-refractivity contribution is 7.17. The fourth-order valence-electron chi connectivity index (χ4n) is 4.28. The normalized spacial score (nSPS) is 17.7. The number of nitrogens with one attached hydrogen (secondary N) is 2. The van der Waals surface area contributed by atoms with E-state index in [1.807, 2.05) is 30.3 Å². The van der Waals surface area contributed by atoms with Gasteiger partial charge in [0.1, 0.15) is 5.00 Å². The molecule has 0 bridgehead atoms. The first-order chi connectivity index (χ1) is 15.7. The average Bonchev–Trinajstić information content (AvgIpc) is 3.57. The third-order valence-corrected chi connectivity index (χ3v) is 7.15. The lowest BCUT2D eigenvalue weighted by Crippen LogP contribution is -2.32. The molecule has 2 amide bonds. The second-order valence-corrected chi connectivity index (χ2v) is 9.26. The highest BCUT2D eigenvalue weighted by Crippen LogP contribution is 2.38. The minimum absolute atomic E-state index is 0.0676. The molecule has 1 saturated heterocycles. The maximum absolute atomic E-state index is 13.1. The molecule has 1 aliphatic heterocycles. The van der Waals surface area contributed by atoms with Gasteiger partial charge in [0.15, 0.2) is 11.5 Å². The molecule has 8 heteroatoms. The molecule has 1 atom stereocenters. The quantitative estimate of drug-likeness (QED) is 0.578. The van der Waals surface area contributed by atoms with Gasteiger partial charge in [-0.2, -0.15) is 0 Å². The summed E-state index contributed by atoms with van der Waals surface area (Å²) in [5, 5.41) is 10.4. The predicted molar refractivity (Wildman–Crippen MR) is 122 cm³/mol. The Hall–Kier alpha value is -2.97. The van der Waals surface area contributed by atoms with Crippen LogP contribution in [0.25, 0.3) is 11.3 Å². The van der Waals surface area contributed by atoms with Crippen LogP contribution < -0.4 is 10.6 Å². The van der Waals surface area contributed by atoms with E-state index in [-0.39, 0.29) is 23.6 Å². The number of aryl methyl sites for hydroxylation is 1. The topological polar surface area (TPSA) is 93.5 Å². The summed E-state index contributed by atoms with van der Waals surface area (Å²) < 4.78 is 11.0. The fraction of sp³-hybridized carbons (Fsp3) is 0.375. The standard InChI is InChI=1S/C24H25N3O4S/c28-22(18-13-19(31-27-18)15-7-2-1-3-8-15)26-24-21(17-10-4-5-11-20(17)32-24)23(29)25-14-16-9-6-12-30-16/h1-3,7-8,13,16H,4-6,9-12,14H2,(H,25,29)(H,26,28)/t16-/m1/s1. The van der Waals surface area contributed by atoms with E-state index >= 15 is 0 Å². The first-order valence-electron chi connectivity index (χ1n) is 11.1. The van der Waals surface area contributed by atoms with E-state index in [0.717, 1.165) is 56.3 Å². The molecule has 1 aliphatic carbocycles. The van der Waals surface area contributed by atoms with Gasteiger partial charge in [0, 0.05) is 29.7 Å². The van der Waals surface area contributed by atoms with Crippen LogP contribution in [0.1, 0.15) is 57.0 Å². The zero-order valence-electron chi connectivity index (χ0n) is 17.7. The number of carbonyl (C=O) groups excluding carboxylic acids is 2. The summed E-state index contributed by atoms with van der Waals surface area (Å²) in [6.07, 6.45) is 5.99. The molecule has 3 heterocycles. The number of ether oxygens (including phenoxy) is 1. The molecular weight excluding hydrogens is 426 g/mol. The van der Waals surface area contributed by atoms with Crippen LogP contribution in [0.4, 0.5) is 5.00 Å². The van der Waals surface area contributed by atoms with E-state index in [1.165, 1.54) is 16.2 Å². The molecule has 2 aromatic heterocycles. The first-order valence-corrected chi connectivity index (χ1v) is 11.9. The van der Waals surface area contributed by atoms with Crippen LogP contribution in [0.2, 0.25) is 0 Å². The molecule has 5 rings (SSSR count). The molecule has 0 spiro atoms. The molecule has 2 aliphatic rings. The molecule has 2 N–H and O–H groups in total. The van der Waals surface area contributed by atoms with Gasteiger partial charge in [-0.15, -0.1) is 11.3 Å². The molecule has 166 valence electrons. The van der Waals surface area contributed by atoms with E-state index < -0.39 is 0 Å². The molecule has 1 fully saturated rings. The molecular formula is C24H25N3O4S. The summed E-state index contributed by atoms with van der Waals surface area (Å²) in [5.41, 5.74) is 2.68. The second-order valence-electron chi connectivity index (χ2n) is 8.16. The Labute approximate surface area is 190 Å². The Bertz CT molecular complexity index is 1120. The molecule has 32 heavy (non-hydrogen) atoms. The number of rotatable bonds is 6. The van der Waals surface area contributed by atoms with Gasteiger partial charge in [-0.3, -0.25) is 9.59 Å². The minimum Gasteiger partial charge on any atom is -0.376 e. The Balaban J connectivity index is 1.36. The zero-order valence-corrected chi connectivity index (χ0v) is 18.5. The molecule has 7 nitrogen and oxygen atoms in total. The molecule has 0 saturated carbocycles. The first kappa shape index (κ1) is 20.9. The number of aromatic nitrogens is 1. The monoisotopic (exact) mass is 451 g/mol. The summed E-state index contributed by atoms with van der Waals surface area (Å²) in [6, 6.07) is 11.1. The van der Waals surface area contributed by atoms with Crippen LogP contribution in [0.3, 0.4) is 0 Å². The van der Waals surface area contributed by atoms with E-state index in [2.05, 4.69) is 15.8 Å². The second kappa shape index (κ2) is 9.26. The van der Waals surface area contributed by atoms with Gasteiger partial charge in [-0.05, 0) is 44.1 Å². The number of anilines is 1. The highest BCUT2D eigenvalue weighted by Gasteiger charge is 2.28. The summed E-state index contributed by atoms with van der Waals surface area (Å²) in [4.78, 5) is 27.2. The van der Waals surface area contributed by atoms with Gasteiger partial charge in [-0.25, -0.2) is 0 Å². The van der Waals surface area contributed by atoms with Crippen molar-refractivity contribution in [3.8, 4) is 11.3 Å². The van der Waals surface area contributed by atoms with Crippen molar-refractivity contribution in [2.75, 3.05) is 18.5 Å². The van der Waals surface area contributed by atoms with Gasteiger partial charge < -0.3 is 19.9 Å². The number of nitrogens with zero attached hydrogens (tertiary/aromatic N) is 1. The average molecular weight is 452 g/mol. The zero-order chi connectivity index (χ0) is 21.9. The number of hydrogen-bond donors (Lipinski definition) is 2. The third kappa shape index (κ3) is 4.33. The van der Waals surface area contributed by atoms with Gasteiger partial charge >= 0.3 is 0 Å². The van der Waals surface area contributed by atoms with Crippen molar-refractivity contribution in [1.82, 2.24) is 10.5 Å². The van der Waals surface area contributed by atoms with E-state index in [9.17, 15) is 9.59 Å². The van der Waals surface area contributed by atoms with E-state index in [4.69, 9.17) is 9.26 Å². The van der Waals surface area contributed by atoms with Crippen LogP contribution in [0.5, 0.6) is 0 Å². The van der Waals surface area contributed by atoms with Crippen molar-refractivity contribution in [1.29, 1.82) is 0 Å². The van der Waals surface area contributed by atoms with Crippen molar-refractivity contribution in [3.05, 3.63) is 58.1 Å². The van der Waals surface area contributed by atoms with Crippen molar-refractivity contribution >= 4 is 28.2 Å². The van der Waals surface area contributed by atoms with Gasteiger partial charge in [0.2, 0.25) is 0 Å². The Kier molecular flexibility index (Phi) is 6.05. The number of benzene rings is 1. The Morgan fingerprint density at radius 2 is 1.94 bits per heavy atom. The van der Waals surface area contributed by atoms with Crippen molar-refractivity contribution in [3.63, 3.8) is 0 Å². The smallest absolute Gasteiger partial charge is 0.278 e. The maximum atomic E-state index is 13.1. The Morgan fingerprint density at radius 1 is 1.09 bits per heavy atom. The maximum Gasteiger partial charge on any atom is 0.278 e. The van der Waals surface area contributed by atoms with Crippen LogP contribution in [-0.2, 0) is 17.6 Å². The predicted octanol–water partition coefficient (Wildman–Crippen LogP) is 4.44. The van der Waals surface area contributed by atoms with Gasteiger partial charge in [-0.1, -0.05) is 35.5 Å². The SMILES string of the molecule is O=C(Nc1sc2c(c1C(=O)NC[C@H]1CCCO1)CCCC2)c1cc(-c2ccccc2)on1. The van der Waals surface area contributed by atoms with Crippen LogP contribution in [-0.4, -0.2) is 36.2 Å². The van der Waals surface area contributed by atoms with E-state index in [0.29, 0.717) is 22.9 Å². The molecule has 1 aromatic carbocycles. The Morgan fingerprint density at radius 3 is 2.75 bits per heavy atom. The summed E-state index contributed by atoms with van der Waals surface area (Å²) in [5.74, 6) is -0.0150. The summed E-state index contributed by atoms with van der Waals surface area (Å²) >= 11 is 1.49. The molecule has 3 aromatic rings. The third-order valence-electron chi connectivity index (χ3n) is 5.94.